The van der Waals surface area contributed by atoms with Gasteiger partial charge < -0.3 is 20.1 Å². The number of methoxy groups -OCH3 is 1. The fourth-order valence-electron chi connectivity index (χ4n) is 5.07. The number of halogens is 2. The molecule has 2 aromatic rings. The summed E-state index contributed by atoms with van der Waals surface area (Å²) in [5.74, 6) is -0.261. The first-order valence-electron chi connectivity index (χ1n) is 11.0. The third-order valence-electron chi connectivity index (χ3n) is 6.93. The molecule has 0 saturated heterocycles. The number of fused-ring (bicyclic) bond motifs is 3. The number of hydrogen-bond donors (Lipinski definition) is 2. The molecule has 176 valence electrons. The third-order valence-corrected chi connectivity index (χ3v) is 7.24. The van der Waals surface area contributed by atoms with Gasteiger partial charge in [-0.05, 0) is 56.2 Å². The van der Waals surface area contributed by atoms with Gasteiger partial charge in [0, 0.05) is 23.2 Å². The number of ether oxygens (including phenoxy) is 2. The highest BCUT2D eigenvalue weighted by Crippen LogP contribution is 2.50. The van der Waals surface area contributed by atoms with Crippen LogP contribution in [-0.2, 0) is 4.79 Å². The van der Waals surface area contributed by atoms with Gasteiger partial charge in [0.2, 0.25) is 5.88 Å². The maximum atomic E-state index is 13.6. The molecule has 0 spiro atoms. The number of rotatable bonds is 7. The van der Waals surface area contributed by atoms with Crippen molar-refractivity contribution >= 4 is 23.4 Å². The smallest absolute Gasteiger partial charge is 0.270 e. The number of nitrogens with one attached hydrogen (secondary N) is 2. The highest BCUT2D eigenvalue weighted by Gasteiger charge is 2.54. The van der Waals surface area contributed by atoms with Crippen LogP contribution in [0, 0.1) is 11.7 Å². The van der Waals surface area contributed by atoms with Crippen molar-refractivity contribution in [3.05, 3.63) is 52.9 Å². The molecule has 1 aromatic carbocycles. The van der Waals surface area contributed by atoms with E-state index in [-0.39, 0.29) is 46.2 Å². The normalized spacial score (nSPS) is 25.9. The van der Waals surface area contributed by atoms with E-state index < -0.39 is 5.82 Å². The van der Waals surface area contributed by atoms with Crippen LogP contribution in [0.15, 0.2) is 36.4 Å². The van der Waals surface area contributed by atoms with E-state index in [9.17, 15) is 14.0 Å². The lowest BCUT2D eigenvalue weighted by molar-refractivity contribution is -0.128. The van der Waals surface area contributed by atoms with E-state index in [0.29, 0.717) is 11.6 Å². The fraction of sp³-hybridized carbons (Fsp3) is 0.458. The molecule has 1 atom stereocenters. The number of nitrogens with zero attached hydrogens (tertiary/aromatic N) is 1. The summed E-state index contributed by atoms with van der Waals surface area (Å²) < 4.78 is 24.1. The Morgan fingerprint density at radius 1 is 1.18 bits per heavy atom. The molecule has 0 aliphatic heterocycles. The Labute approximate surface area is 197 Å². The van der Waals surface area contributed by atoms with E-state index in [2.05, 4.69) is 22.5 Å². The van der Waals surface area contributed by atoms with Crippen LogP contribution in [0.4, 0.5) is 4.39 Å². The molecule has 33 heavy (non-hydrogen) atoms. The summed E-state index contributed by atoms with van der Waals surface area (Å²) in [6.45, 7) is 1.89. The van der Waals surface area contributed by atoms with Crippen molar-refractivity contribution in [2.24, 2.45) is 5.92 Å². The Morgan fingerprint density at radius 3 is 2.61 bits per heavy atom. The Bertz CT molecular complexity index is 1060. The van der Waals surface area contributed by atoms with Gasteiger partial charge in [-0.1, -0.05) is 24.6 Å². The zero-order valence-corrected chi connectivity index (χ0v) is 19.4. The molecular formula is C24H27ClFN3O4. The molecule has 7 nitrogen and oxygen atoms in total. The lowest BCUT2D eigenvalue weighted by Crippen LogP contribution is -2.67. The van der Waals surface area contributed by atoms with Gasteiger partial charge in [0.05, 0.1) is 12.1 Å². The first-order chi connectivity index (χ1) is 15.7. The highest BCUT2D eigenvalue weighted by atomic mass is 35.5. The summed E-state index contributed by atoms with van der Waals surface area (Å²) in [4.78, 5) is 29.7. The van der Waals surface area contributed by atoms with Gasteiger partial charge in [0.15, 0.2) is 6.61 Å². The molecular weight excluding hydrogens is 449 g/mol. The number of benzene rings is 1. The van der Waals surface area contributed by atoms with Crippen molar-refractivity contribution in [3.8, 4) is 11.6 Å². The molecule has 1 unspecified atom stereocenters. The van der Waals surface area contributed by atoms with Crippen molar-refractivity contribution in [2.75, 3.05) is 13.7 Å². The van der Waals surface area contributed by atoms with Crippen LogP contribution in [0.5, 0.6) is 11.6 Å². The van der Waals surface area contributed by atoms with Crippen molar-refractivity contribution < 1.29 is 23.5 Å². The Hall–Kier alpha value is -2.87. The number of carbonyl (C=O) groups excluding carboxylic acids is 2. The molecule has 3 saturated carbocycles. The number of carbonyl (C=O) groups is 2. The maximum absolute atomic E-state index is 13.6. The lowest BCUT2D eigenvalue weighted by Gasteiger charge is -2.57. The monoisotopic (exact) mass is 475 g/mol. The van der Waals surface area contributed by atoms with Crippen molar-refractivity contribution in [1.82, 2.24) is 15.6 Å². The Kier molecular flexibility index (Phi) is 6.47. The molecule has 9 heteroatoms. The van der Waals surface area contributed by atoms with Crippen LogP contribution in [0.3, 0.4) is 0 Å². The van der Waals surface area contributed by atoms with Gasteiger partial charge in [-0.15, -0.1) is 0 Å². The third kappa shape index (κ3) is 4.90. The molecule has 1 heterocycles. The molecule has 3 aliphatic carbocycles. The fourth-order valence-corrected chi connectivity index (χ4v) is 5.18. The van der Waals surface area contributed by atoms with E-state index in [0.717, 1.165) is 38.2 Å². The Morgan fingerprint density at radius 2 is 1.94 bits per heavy atom. The zero-order chi connectivity index (χ0) is 23.6. The summed E-state index contributed by atoms with van der Waals surface area (Å²) in [5, 5.41) is 6.36. The lowest BCUT2D eigenvalue weighted by atomic mass is 9.56. The summed E-state index contributed by atoms with van der Waals surface area (Å²) in [6, 6.07) is 9.18. The zero-order valence-electron chi connectivity index (χ0n) is 18.6. The second-order valence-corrected chi connectivity index (χ2v) is 9.38. The minimum absolute atomic E-state index is 0.00156. The van der Waals surface area contributed by atoms with Crippen molar-refractivity contribution in [2.45, 2.75) is 50.1 Å². The molecule has 2 bridgehead atoms. The highest BCUT2D eigenvalue weighted by molar-refractivity contribution is 6.30. The van der Waals surface area contributed by atoms with Gasteiger partial charge >= 0.3 is 0 Å². The standard InChI is InChI=1S/C24H27ClFN3O4/c1-15-13-23(29-22(31)19-4-3-5-21(27-19)32-2)8-10-24(15,11-9-23)28-20(30)14-33-16-6-7-17(25)18(26)12-16/h3-7,12,15H,8-11,13-14H2,1-2H3,(H,28,30)(H,29,31). The van der Waals surface area contributed by atoms with Gasteiger partial charge in [-0.2, -0.15) is 0 Å². The van der Waals surface area contributed by atoms with Gasteiger partial charge in [0.25, 0.3) is 11.8 Å². The van der Waals surface area contributed by atoms with E-state index in [1.807, 2.05) is 0 Å². The van der Waals surface area contributed by atoms with Crippen LogP contribution in [0.25, 0.3) is 0 Å². The van der Waals surface area contributed by atoms with Crippen LogP contribution >= 0.6 is 11.6 Å². The summed E-state index contributed by atoms with van der Waals surface area (Å²) >= 11 is 5.68. The predicted molar refractivity (Wildman–Crippen MR) is 121 cm³/mol. The SMILES string of the molecule is COc1cccc(C(=O)NC23CCC(NC(=O)COc4ccc(Cl)c(F)c4)(CC2)C(C)C3)n1. The summed E-state index contributed by atoms with van der Waals surface area (Å²) in [6.07, 6.45) is 3.78. The molecule has 5 rings (SSSR count). The van der Waals surface area contributed by atoms with Crippen LogP contribution in [0.1, 0.15) is 49.5 Å². The summed E-state index contributed by atoms with van der Waals surface area (Å²) in [5.41, 5.74) is -0.333. The van der Waals surface area contributed by atoms with Gasteiger partial charge in [-0.3, -0.25) is 9.59 Å². The van der Waals surface area contributed by atoms with E-state index in [4.69, 9.17) is 21.1 Å². The maximum Gasteiger partial charge on any atom is 0.270 e. The van der Waals surface area contributed by atoms with Gasteiger partial charge in [0.1, 0.15) is 17.3 Å². The molecule has 2 N–H and O–H groups in total. The molecule has 3 aliphatic rings. The number of pyridine rings is 1. The molecule has 2 amide bonds. The van der Waals surface area contributed by atoms with Crippen LogP contribution in [0.2, 0.25) is 5.02 Å². The first kappa shape index (κ1) is 23.3. The van der Waals surface area contributed by atoms with Crippen molar-refractivity contribution in [1.29, 1.82) is 0 Å². The largest absolute Gasteiger partial charge is 0.484 e. The average Bonchev–Trinajstić information content (AvgIpc) is 2.81. The molecule has 1 aromatic heterocycles. The Balaban J connectivity index is 1.35. The average molecular weight is 476 g/mol. The second-order valence-electron chi connectivity index (χ2n) is 8.97. The van der Waals surface area contributed by atoms with E-state index >= 15 is 0 Å². The number of hydrogen-bond acceptors (Lipinski definition) is 5. The van der Waals surface area contributed by atoms with Gasteiger partial charge in [-0.25, -0.2) is 9.37 Å². The minimum Gasteiger partial charge on any atom is -0.484 e. The topological polar surface area (TPSA) is 89.6 Å². The van der Waals surface area contributed by atoms with Crippen LogP contribution < -0.4 is 20.1 Å². The predicted octanol–water partition coefficient (Wildman–Crippen LogP) is 3.90. The van der Waals surface area contributed by atoms with Crippen LogP contribution in [-0.4, -0.2) is 41.6 Å². The molecule has 0 radical (unpaired) electrons. The number of aromatic nitrogens is 1. The quantitative estimate of drug-likeness (QED) is 0.634. The summed E-state index contributed by atoms with van der Waals surface area (Å²) in [7, 11) is 1.51. The van der Waals surface area contributed by atoms with E-state index in [1.165, 1.54) is 19.2 Å². The van der Waals surface area contributed by atoms with E-state index in [1.54, 1.807) is 18.2 Å². The molecule has 3 fully saturated rings. The van der Waals surface area contributed by atoms with Crippen molar-refractivity contribution in [3.63, 3.8) is 0 Å². The first-order valence-corrected chi connectivity index (χ1v) is 11.3. The number of amides is 2. The second kappa shape index (κ2) is 9.17. The minimum atomic E-state index is -0.594.